The van der Waals surface area contributed by atoms with Crippen molar-refractivity contribution in [2.75, 3.05) is 13.1 Å². The summed E-state index contributed by atoms with van der Waals surface area (Å²) < 4.78 is 0. The van der Waals surface area contributed by atoms with Crippen molar-refractivity contribution in [3.8, 4) is 0 Å². The molecule has 16 heavy (non-hydrogen) atoms. The molecule has 2 heterocycles. The molecule has 2 aliphatic rings. The molecule has 1 atom stereocenters. The lowest BCUT2D eigenvalue weighted by Crippen LogP contribution is -2.38. The van der Waals surface area contributed by atoms with E-state index in [1.165, 1.54) is 50.2 Å². The highest BCUT2D eigenvalue weighted by Crippen LogP contribution is 2.29. The molecule has 88 valence electrons. The fourth-order valence-electron chi connectivity index (χ4n) is 2.58. The summed E-state index contributed by atoms with van der Waals surface area (Å²) in [6.07, 6.45) is 5.56. The van der Waals surface area contributed by atoms with Gasteiger partial charge in [0.2, 0.25) is 0 Å². The van der Waals surface area contributed by atoms with Crippen LogP contribution in [0.2, 0.25) is 0 Å². The van der Waals surface area contributed by atoms with Crippen molar-refractivity contribution >= 4 is 11.3 Å². The lowest BCUT2D eigenvalue weighted by atomic mass is 10.2. The van der Waals surface area contributed by atoms with E-state index in [1.807, 2.05) is 11.3 Å². The zero-order chi connectivity index (χ0) is 10.8. The quantitative estimate of drug-likeness (QED) is 0.845. The first kappa shape index (κ1) is 10.8. The summed E-state index contributed by atoms with van der Waals surface area (Å²) >= 11 is 1.89. The number of hydrogen-bond donors (Lipinski definition) is 1. The average molecular weight is 236 g/mol. The maximum Gasteiger partial charge on any atom is 0.0331 e. The maximum absolute atomic E-state index is 3.61. The molecule has 0 unspecified atom stereocenters. The number of thiophene rings is 1. The highest BCUT2D eigenvalue weighted by atomic mass is 32.1. The van der Waals surface area contributed by atoms with Crippen LogP contribution >= 0.6 is 11.3 Å². The summed E-state index contributed by atoms with van der Waals surface area (Å²) in [6.45, 7) is 3.64. The first-order valence-electron chi connectivity index (χ1n) is 6.41. The van der Waals surface area contributed by atoms with Gasteiger partial charge in [-0.15, -0.1) is 11.3 Å². The summed E-state index contributed by atoms with van der Waals surface area (Å²) in [4.78, 5) is 4.21. The van der Waals surface area contributed by atoms with E-state index in [0.29, 0.717) is 0 Å². The Morgan fingerprint density at radius 3 is 2.94 bits per heavy atom. The molecule has 1 aliphatic heterocycles. The molecule has 0 spiro atoms. The van der Waals surface area contributed by atoms with E-state index in [4.69, 9.17) is 0 Å². The van der Waals surface area contributed by atoms with E-state index in [0.717, 1.165) is 12.1 Å². The molecule has 1 N–H and O–H groups in total. The third-order valence-electron chi connectivity index (χ3n) is 3.62. The summed E-state index contributed by atoms with van der Waals surface area (Å²) in [6, 6.07) is 6.06. The van der Waals surface area contributed by atoms with Crippen LogP contribution in [-0.2, 0) is 6.54 Å². The van der Waals surface area contributed by atoms with Gasteiger partial charge in [-0.25, -0.2) is 0 Å². The topological polar surface area (TPSA) is 15.3 Å². The van der Waals surface area contributed by atoms with Crippen LogP contribution in [0.3, 0.4) is 0 Å². The minimum absolute atomic E-state index is 0.751. The Labute approximate surface area is 102 Å². The molecule has 1 saturated carbocycles. The van der Waals surface area contributed by atoms with Gasteiger partial charge in [0.25, 0.3) is 0 Å². The van der Waals surface area contributed by atoms with Gasteiger partial charge in [0.15, 0.2) is 0 Å². The van der Waals surface area contributed by atoms with Crippen molar-refractivity contribution < 1.29 is 0 Å². The maximum atomic E-state index is 3.61. The van der Waals surface area contributed by atoms with Gasteiger partial charge in [0.1, 0.15) is 0 Å². The van der Waals surface area contributed by atoms with Gasteiger partial charge in [0.05, 0.1) is 0 Å². The second-order valence-electron chi connectivity index (χ2n) is 5.03. The molecule has 1 saturated heterocycles. The van der Waals surface area contributed by atoms with E-state index >= 15 is 0 Å². The average Bonchev–Trinajstić information content (AvgIpc) is 2.79. The predicted molar refractivity (Wildman–Crippen MR) is 68.8 cm³/mol. The van der Waals surface area contributed by atoms with Gasteiger partial charge in [-0.05, 0) is 43.7 Å². The van der Waals surface area contributed by atoms with E-state index in [2.05, 4.69) is 27.7 Å². The second-order valence-corrected chi connectivity index (χ2v) is 6.07. The molecule has 2 nitrogen and oxygen atoms in total. The fraction of sp³-hybridized carbons (Fsp3) is 0.692. The molecule has 0 radical (unpaired) electrons. The van der Waals surface area contributed by atoms with E-state index in [9.17, 15) is 0 Å². The Balaban J connectivity index is 1.57. The predicted octanol–water partition coefficient (Wildman–Crippen LogP) is 2.46. The van der Waals surface area contributed by atoms with Gasteiger partial charge in [-0.3, -0.25) is 4.90 Å². The lowest BCUT2D eigenvalue weighted by molar-refractivity contribution is 0.233. The van der Waals surface area contributed by atoms with Crippen molar-refractivity contribution in [1.82, 2.24) is 10.2 Å². The zero-order valence-electron chi connectivity index (χ0n) is 9.69. The Bertz CT molecular complexity index is 313. The second kappa shape index (κ2) is 4.86. The molecule has 0 amide bonds. The van der Waals surface area contributed by atoms with E-state index < -0.39 is 0 Å². The summed E-state index contributed by atoms with van der Waals surface area (Å²) in [5.41, 5.74) is 0. The molecule has 1 aromatic heterocycles. The van der Waals surface area contributed by atoms with Gasteiger partial charge in [-0.2, -0.15) is 0 Å². The standard InChI is InChI=1S/C13H20N2S/c1-3-11(14-7-1)9-15(12-5-6-12)10-13-4-2-8-16-13/h2,4,8,11-12,14H,1,3,5-7,9-10H2/t11-/m0/s1. The van der Waals surface area contributed by atoms with Gasteiger partial charge in [-0.1, -0.05) is 6.07 Å². The normalized spacial score (nSPS) is 25.4. The molecular weight excluding hydrogens is 216 g/mol. The fourth-order valence-corrected chi connectivity index (χ4v) is 3.31. The van der Waals surface area contributed by atoms with Crippen LogP contribution in [0.25, 0.3) is 0 Å². The van der Waals surface area contributed by atoms with Gasteiger partial charge >= 0.3 is 0 Å². The number of rotatable bonds is 5. The molecule has 3 heteroatoms. The van der Waals surface area contributed by atoms with E-state index in [1.54, 1.807) is 0 Å². The highest BCUT2D eigenvalue weighted by molar-refractivity contribution is 7.09. The van der Waals surface area contributed by atoms with Crippen LogP contribution < -0.4 is 5.32 Å². The van der Waals surface area contributed by atoms with Crippen molar-refractivity contribution in [2.24, 2.45) is 0 Å². The molecule has 1 aliphatic carbocycles. The van der Waals surface area contributed by atoms with Crippen LogP contribution in [0.5, 0.6) is 0 Å². The summed E-state index contributed by atoms with van der Waals surface area (Å²) in [5.74, 6) is 0. The largest absolute Gasteiger partial charge is 0.313 e. The number of hydrogen-bond acceptors (Lipinski definition) is 3. The first-order valence-corrected chi connectivity index (χ1v) is 7.29. The van der Waals surface area contributed by atoms with Crippen LogP contribution in [0, 0.1) is 0 Å². The Morgan fingerprint density at radius 1 is 1.38 bits per heavy atom. The highest BCUT2D eigenvalue weighted by Gasteiger charge is 2.31. The third-order valence-corrected chi connectivity index (χ3v) is 4.48. The summed E-state index contributed by atoms with van der Waals surface area (Å²) in [5, 5.41) is 5.80. The Kier molecular flexibility index (Phi) is 3.27. The smallest absolute Gasteiger partial charge is 0.0331 e. The molecule has 2 fully saturated rings. The monoisotopic (exact) mass is 236 g/mol. The molecular formula is C13H20N2S. The minimum Gasteiger partial charge on any atom is -0.313 e. The van der Waals surface area contributed by atoms with Crippen LogP contribution in [0.1, 0.15) is 30.6 Å². The van der Waals surface area contributed by atoms with Crippen LogP contribution in [0.4, 0.5) is 0 Å². The van der Waals surface area contributed by atoms with Crippen molar-refractivity contribution in [3.63, 3.8) is 0 Å². The third kappa shape index (κ3) is 2.65. The Morgan fingerprint density at radius 2 is 2.31 bits per heavy atom. The number of nitrogens with one attached hydrogen (secondary N) is 1. The number of nitrogens with zero attached hydrogens (tertiary/aromatic N) is 1. The molecule has 0 aromatic carbocycles. The summed E-state index contributed by atoms with van der Waals surface area (Å²) in [7, 11) is 0. The Hall–Kier alpha value is -0.380. The van der Waals surface area contributed by atoms with Gasteiger partial charge < -0.3 is 5.32 Å². The first-order chi connectivity index (χ1) is 7.92. The molecule has 1 aromatic rings. The van der Waals surface area contributed by atoms with Crippen molar-refractivity contribution in [1.29, 1.82) is 0 Å². The molecule has 0 bridgehead atoms. The van der Waals surface area contributed by atoms with Crippen molar-refractivity contribution in [3.05, 3.63) is 22.4 Å². The lowest BCUT2D eigenvalue weighted by Gasteiger charge is -2.24. The van der Waals surface area contributed by atoms with Crippen LogP contribution in [0.15, 0.2) is 17.5 Å². The minimum atomic E-state index is 0.751. The molecule has 3 rings (SSSR count). The zero-order valence-corrected chi connectivity index (χ0v) is 10.5. The van der Waals surface area contributed by atoms with Gasteiger partial charge in [0, 0.05) is 30.1 Å². The van der Waals surface area contributed by atoms with E-state index in [-0.39, 0.29) is 0 Å². The SMILES string of the molecule is c1csc(CN(C[C@@H]2CCCN2)C2CC2)c1. The van der Waals surface area contributed by atoms with Crippen LogP contribution in [-0.4, -0.2) is 30.1 Å². The van der Waals surface area contributed by atoms with Crippen molar-refractivity contribution in [2.45, 2.75) is 44.3 Å².